The Morgan fingerprint density at radius 2 is 1.68 bits per heavy atom. The molecule has 0 spiro atoms. The Hall–Kier alpha value is -3.53. The molecule has 0 amide bonds. The monoisotopic (exact) mass is 371 g/mol. The summed E-state index contributed by atoms with van der Waals surface area (Å²) in [6.07, 6.45) is 0. The summed E-state index contributed by atoms with van der Waals surface area (Å²) in [7, 11) is 0. The minimum absolute atomic E-state index is 0.158. The third kappa shape index (κ3) is 3.37. The van der Waals surface area contributed by atoms with Gasteiger partial charge in [-0.2, -0.15) is 0 Å². The van der Waals surface area contributed by atoms with E-state index in [0.717, 1.165) is 27.6 Å². The van der Waals surface area contributed by atoms with Crippen molar-refractivity contribution in [3.05, 3.63) is 95.2 Å². The average Bonchev–Trinajstić information content (AvgIpc) is 2.95. The first-order chi connectivity index (χ1) is 13.5. The number of benzene rings is 3. The standard InChI is InChI=1S/C24H21NO3/c1-16-7-6-8-18(13-16)15-25-21-12-11-17(2)14-20(21)23(22(25)24(26)27)28-19-9-4-3-5-10-19/h3-14H,15H2,1-2H3,(H,26,27). The van der Waals surface area contributed by atoms with Crippen molar-refractivity contribution in [3.63, 3.8) is 0 Å². The number of carboxylic acids is 1. The van der Waals surface area contributed by atoms with Crippen LogP contribution in [0.1, 0.15) is 27.2 Å². The largest absolute Gasteiger partial charge is 0.476 e. The summed E-state index contributed by atoms with van der Waals surface area (Å²) in [5.74, 6) is -0.0152. The number of para-hydroxylation sites is 1. The van der Waals surface area contributed by atoms with Crippen molar-refractivity contribution in [2.75, 3.05) is 0 Å². The number of aryl methyl sites for hydroxylation is 2. The smallest absolute Gasteiger partial charge is 0.356 e. The zero-order chi connectivity index (χ0) is 19.7. The Kier molecular flexibility index (Phi) is 4.62. The highest BCUT2D eigenvalue weighted by Crippen LogP contribution is 2.37. The van der Waals surface area contributed by atoms with Crippen molar-refractivity contribution < 1.29 is 14.6 Å². The Labute approximate surface area is 163 Å². The maximum Gasteiger partial charge on any atom is 0.356 e. The molecule has 0 bridgehead atoms. The Balaban J connectivity index is 1.93. The van der Waals surface area contributed by atoms with E-state index < -0.39 is 5.97 Å². The lowest BCUT2D eigenvalue weighted by atomic mass is 10.1. The van der Waals surface area contributed by atoms with Crippen LogP contribution < -0.4 is 4.74 Å². The molecule has 0 atom stereocenters. The van der Waals surface area contributed by atoms with E-state index >= 15 is 0 Å². The van der Waals surface area contributed by atoms with Crippen LogP contribution >= 0.6 is 0 Å². The van der Waals surface area contributed by atoms with E-state index in [2.05, 4.69) is 6.07 Å². The lowest BCUT2D eigenvalue weighted by molar-refractivity contribution is 0.0683. The molecule has 0 unspecified atom stereocenters. The number of carbonyl (C=O) groups is 1. The number of rotatable bonds is 5. The normalized spacial score (nSPS) is 10.9. The molecule has 1 aromatic heterocycles. The molecule has 4 aromatic rings. The van der Waals surface area contributed by atoms with Gasteiger partial charge in [-0.1, -0.05) is 59.7 Å². The molecule has 0 aliphatic carbocycles. The lowest BCUT2D eigenvalue weighted by Crippen LogP contribution is -2.10. The third-order valence-electron chi connectivity index (χ3n) is 4.76. The summed E-state index contributed by atoms with van der Waals surface area (Å²) in [4.78, 5) is 12.2. The fraction of sp³-hybridized carbons (Fsp3) is 0.125. The van der Waals surface area contributed by atoms with Crippen LogP contribution in [-0.2, 0) is 6.54 Å². The number of aromatic carboxylic acids is 1. The maximum absolute atomic E-state index is 12.2. The van der Waals surface area contributed by atoms with Gasteiger partial charge in [0.15, 0.2) is 11.4 Å². The van der Waals surface area contributed by atoms with E-state index in [4.69, 9.17) is 4.74 Å². The highest BCUT2D eigenvalue weighted by Gasteiger charge is 2.24. The van der Waals surface area contributed by atoms with E-state index in [-0.39, 0.29) is 5.69 Å². The van der Waals surface area contributed by atoms with Gasteiger partial charge in [0.1, 0.15) is 5.75 Å². The average molecular weight is 371 g/mol. The zero-order valence-corrected chi connectivity index (χ0v) is 15.8. The lowest BCUT2D eigenvalue weighted by Gasteiger charge is -2.10. The highest BCUT2D eigenvalue weighted by atomic mass is 16.5. The summed E-state index contributed by atoms with van der Waals surface area (Å²) < 4.78 is 7.90. The van der Waals surface area contributed by atoms with Gasteiger partial charge in [0, 0.05) is 11.9 Å². The second-order valence-corrected chi connectivity index (χ2v) is 6.99. The van der Waals surface area contributed by atoms with E-state index in [1.54, 1.807) is 0 Å². The molecule has 0 saturated carbocycles. The van der Waals surface area contributed by atoms with E-state index in [1.165, 1.54) is 0 Å². The van der Waals surface area contributed by atoms with Crippen molar-refractivity contribution in [1.29, 1.82) is 0 Å². The molecule has 3 aromatic carbocycles. The quantitative estimate of drug-likeness (QED) is 0.482. The van der Waals surface area contributed by atoms with Crippen LogP contribution in [0.5, 0.6) is 11.5 Å². The van der Waals surface area contributed by atoms with E-state index in [9.17, 15) is 9.90 Å². The molecule has 0 saturated heterocycles. The SMILES string of the molecule is Cc1cccc(Cn2c(C(=O)O)c(Oc3ccccc3)c3cc(C)ccc32)c1. The molecule has 1 heterocycles. The van der Waals surface area contributed by atoms with Crippen LogP contribution in [0.15, 0.2) is 72.8 Å². The zero-order valence-electron chi connectivity index (χ0n) is 15.8. The Bertz CT molecular complexity index is 1160. The summed E-state index contributed by atoms with van der Waals surface area (Å²) in [6.45, 7) is 4.48. The predicted molar refractivity (Wildman–Crippen MR) is 110 cm³/mol. The summed E-state index contributed by atoms with van der Waals surface area (Å²) in [5, 5.41) is 10.8. The molecule has 0 radical (unpaired) electrons. The van der Waals surface area contributed by atoms with Crippen LogP contribution in [0, 0.1) is 13.8 Å². The van der Waals surface area contributed by atoms with Gasteiger partial charge < -0.3 is 14.4 Å². The number of ether oxygens (including phenoxy) is 1. The molecule has 1 N–H and O–H groups in total. The topological polar surface area (TPSA) is 51.5 Å². The van der Waals surface area contributed by atoms with Crippen LogP contribution in [0.2, 0.25) is 0 Å². The first-order valence-electron chi connectivity index (χ1n) is 9.17. The first kappa shape index (κ1) is 17.9. The van der Waals surface area contributed by atoms with Gasteiger partial charge in [0.2, 0.25) is 0 Å². The number of carboxylic acid groups (broad SMARTS) is 1. The summed E-state index contributed by atoms with van der Waals surface area (Å²) in [5.41, 5.74) is 4.24. The van der Waals surface area contributed by atoms with E-state index in [0.29, 0.717) is 18.0 Å². The molecule has 0 aliphatic heterocycles. The summed E-state index contributed by atoms with van der Waals surface area (Å²) in [6, 6.07) is 23.3. The van der Waals surface area contributed by atoms with Gasteiger partial charge >= 0.3 is 5.97 Å². The highest BCUT2D eigenvalue weighted by molar-refractivity contribution is 6.01. The predicted octanol–water partition coefficient (Wildman–Crippen LogP) is 5.80. The first-order valence-corrected chi connectivity index (χ1v) is 9.17. The van der Waals surface area contributed by atoms with Crippen LogP contribution in [-0.4, -0.2) is 15.6 Å². The maximum atomic E-state index is 12.2. The third-order valence-corrected chi connectivity index (χ3v) is 4.76. The van der Waals surface area contributed by atoms with E-state index in [1.807, 2.05) is 85.1 Å². The van der Waals surface area contributed by atoms with Gasteiger partial charge in [-0.3, -0.25) is 0 Å². The minimum atomic E-state index is -1.01. The molecule has 4 heteroatoms. The molecule has 4 rings (SSSR count). The van der Waals surface area contributed by atoms with Crippen molar-refractivity contribution in [1.82, 2.24) is 4.57 Å². The van der Waals surface area contributed by atoms with Gasteiger partial charge in [0.05, 0.1) is 5.52 Å². The van der Waals surface area contributed by atoms with Gasteiger partial charge in [-0.05, 0) is 43.7 Å². The van der Waals surface area contributed by atoms with Crippen molar-refractivity contribution in [3.8, 4) is 11.5 Å². The number of fused-ring (bicyclic) bond motifs is 1. The molecule has 140 valence electrons. The molecular formula is C24H21NO3. The van der Waals surface area contributed by atoms with Gasteiger partial charge in [-0.25, -0.2) is 4.79 Å². The van der Waals surface area contributed by atoms with Crippen LogP contribution in [0.4, 0.5) is 0 Å². The number of hydrogen-bond acceptors (Lipinski definition) is 2. The molecule has 4 nitrogen and oxygen atoms in total. The number of aromatic nitrogens is 1. The second-order valence-electron chi connectivity index (χ2n) is 6.99. The molecular weight excluding hydrogens is 350 g/mol. The fourth-order valence-electron chi connectivity index (χ4n) is 3.52. The molecule has 0 aliphatic rings. The fourth-order valence-corrected chi connectivity index (χ4v) is 3.52. The van der Waals surface area contributed by atoms with Gasteiger partial charge in [0.25, 0.3) is 0 Å². The van der Waals surface area contributed by atoms with Crippen molar-refractivity contribution >= 4 is 16.9 Å². The minimum Gasteiger partial charge on any atom is -0.476 e. The second kappa shape index (κ2) is 7.24. The Morgan fingerprint density at radius 3 is 2.39 bits per heavy atom. The van der Waals surface area contributed by atoms with Crippen molar-refractivity contribution in [2.24, 2.45) is 0 Å². The van der Waals surface area contributed by atoms with Gasteiger partial charge in [-0.15, -0.1) is 0 Å². The van der Waals surface area contributed by atoms with Crippen LogP contribution in [0.25, 0.3) is 10.9 Å². The van der Waals surface area contributed by atoms with Crippen molar-refractivity contribution in [2.45, 2.75) is 20.4 Å². The molecule has 28 heavy (non-hydrogen) atoms. The Morgan fingerprint density at radius 1 is 0.929 bits per heavy atom. The number of nitrogens with zero attached hydrogens (tertiary/aromatic N) is 1. The molecule has 0 fully saturated rings. The number of hydrogen-bond donors (Lipinski definition) is 1. The summed E-state index contributed by atoms with van der Waals surface area (Å²) >= 11 is 0. The van der Waals surface area contributed by atoms with Crippen LogP contribution in [0.3, 0.4) is 0 Å².